The largest absolute Gasteiger partial charge is 0.413 e. The quantitative estimate of drug-likeness (QED) is 0.676. The maximum Gasteiger partial charge on any atom is 0.413 e. The van der Waals surface area contributed by atoms with Crippen LogP contribution in [0.15, 0.2) is 35.9 Å². The highest BCUT2D eigenvalue weighted by molar-refractivity contribution is 5.96. The summed E-state index contributed by atoms with van der Waals surface area (Å²) in [5, 5.41) is 2.37. The van der Waals surface area contributed by atoms with Crippen LogP contribution >= 0.6 is 0 Å². The summed E-state index contributed by atoms with van der Waals surface area (Å²) in [5.41, 5.74) is -0.708. The summed E-state index contributed by atoms with van der Waals surface area (Å²) in [7, 11) is 0. The number of rotatable bonds is 3. The van der Waals surface area contributed by atoms with Gasteiger partial charge in [0.25, 0.3) is 0 Å². The van der Waals surface area contributed by atoms with Crippen molar-refractivity contribution in [3.05, 3.63) is 41.7 Å². The van der Waals surface area contributed by atoms with E-state index < -0.39 is 47.5 Å². The van der Waals surface area contributed by atoms with Crippen molar-refractivity contribution < 1.29 is 27.2 Å². The van der Waals surface area contributed by atoms with E-state index in [-0.39, 0.29) is 12.1 Å². The van der Waals surface area contributed by atoms with Crippen molar-refractivity contribution in [1.82, 2.24) is 0 Å². The number of anilines is 1. The molecule has 1 aromatic rings. The number of Topliss-reactive ketones (excluding diaryl/α,β-unsaturated/α-hetero) is 1. The van der Waals surface area contributed by atoms with E-state index in [1.54, 1.807) is 0 Å². The van der Waals surface area contributed by atoms with Crippen LogP contribution in [0, 0.1) is 17.7 Å². The molecule has 2 unspecified atom stereocenters. The summed E-state index contributed by atoms with van der Waals surface area (Å²) in [6, 6.07) is 4.81. The van der Waals surface area contributed by atoms with Gasteiger partial charge in [-0.15, -0.1) is 0 Å². The van der Waals surface area contributed by atoms with Crippen molar-refractivity contribution in [3.8, 4) is 0 Å². The second-order valence-corrected chi connectivity index (χ2v) is 5.51. The first-order valence-electron chi connectivity index (χ1n) is 7.05. The Labute approximate surface area is 130 Å². The average Bonchev–Trinajstić information content (AvgIpc) is 2.45. The molecule has 1 aliphatic carbocycles. The van der Waals surface area contributed by atoms with Gasteiger partial charge in [0.2, 0.25) is 5.91 Å². The molecule has 3 nitrogen and oxygen atoms in total. The molecule has 1 amide bonds. The molecule has 0 saturated heterocycles. The Hall–Kier alpha value is -2.18. The number of alkyl halides is 3. The number of allylic oxidation sites excluding steroid dienone is 2. The molecule has 0 fully saturated rings. The summed E-state index contributed by atoms with van der Waals surface area (Å²) in [6.45, 7) is 1.54. The molecule has 0 aliphatic heterocycles. The van der Waals surface area contributed by atoms with E-state index in [1.807, 2.05) is 0 Å². The summed E-state index contributed by atoms with van der Waals surface area (Å²) < 4.78 is 51.8. The van der Waals surface area contributed by atoms with Crippen LogP contribution in [0.3, 0.4) is 0 Å². The Kier molecular flexibility index (Phi) is 4.87. The van der Waals surface area contributed by atoms with Gasteiger partial charge in [0, 0.05) is 23.6 Å². The molecule has 0 spiro atoms. The maximum absolute atomic E-state index is 13.0. The third-order valence-electron chi connectivity index (χ3n) is 3.74. The minimum atomic E-state index is -4.64. The minimum Gasteiger partial charge on any atom is -0.326 e. The number of nitrogens with one attached hydrogen (secondary N) is 1. The first kappa shape index (κ1) is 17.2. The number of ketones is 1. The monoisotopic (exact) mass is 329 g/mol. The number of benzene rings is 1. The molecule has 1 aliphatic rings. The van der Waals surface area contributed by atoms with Crippen LogP contribution < -0.4 is 5.32 Å². The van der Waals surface area contributed by atoms with Gasteiger partial charge in [-0.2, -0.15) is 13.2 Å². The van der Waals surface area contributed by atoms with Crippen LogP contribution in [0.5, 0.6) is 0 Å². The Morgan fingerprint density at radius 3 is 2.43 bits per heavy atom. The van der Waals surface area contributed by atoms with E-state index in [9.17, 15) is 27.2 Å². The number of amides is 1. The molecule has 1 aromatic carbocycles. The molecule has 23 heavy (non-hydrogen) atoms. The van der Waals surface area contributed by atoms with Gasteiger partial charge >= 0.3 is 6.18 Å². The van der Waals surface area contributed by atoms with E-state index in [1.165, 1.54) is 19.1 Å². The van der Waals surface area contributed by atoms with Crippen LogP contribution in [0.2, 0.25) is 0 Å². The highest BCUT2D eigenvalue weighted by Gasteiger charge is 2.45. The van der Waals surface area contributed by atoms with Crippen molar-refractivity contribution in [2.24, 2.45) is 11.8 Å². The first-order valence-corrected chi connectivity index (χ1v) is 7.05. The smallest absolute Gasteiger partial charge is 0.326 e. The maximum atomic E-state index is 13.0. The zero-order valence-corrected chi connectivity index (χ0v) is 12.3. The fraction of sp³-hybridized carbons (Fsp3) is 0.375. The molecule has 2 atom stereocenters. The Balaban J connectivity index is 2.13. The van der Waals surface area contributed by atoms with Gasteiger partial charge in [-0.25, -0.2) is 4.39 Å². The average molecular weight is 329 g/mol. The van der Waals surface area contributed by atoms with Crippen molar-refractivity contribution in [2.75, 3.05) is 5.32 Å². The molecule has 0 saturated carbocycles. The third-order valence-corrected chi connectivity index (χ3v) is 3.74. The molecule has 1 N–H and O–H groups in total. The predicted octanol–water partition coefficient (Wildman–Crippen LogP) is 3.87. The molecular formula is C16H15F4NO2. The second-order valence-electron chi connectivity index (χ2n) is 5.51. The minimum absolute atomic E-state index is 0.0176. The Morgan fingerprint density at radius 1 is 1.26 bits per heavy atom. The van der Waals surface area contributed by atoms with Crippen LogP contribution in [0.4, 0.5) is 23.2 Å². The van der Waals surface area contributed by atoms with Gasteiger partial charge in [0.15, 0.2) is 0 Å². The normalized spacial score (nSPS) is 21.8. The SMILES string of the molecule is CC1CC=C(C(F)(F)F)C(CC(=O)Nc2ccc(F)cc2)C1=O. The van der Waals surface area contributed by atoms with E-state index in [0.717, 1.165) is 18.2 Å². The predicted molar refractivity (Wildman–Crippen MR) is 76.1 cm³/mol. The fourth-order valence-corrected chi connectivity index (χ4v) is 2.51. The lowest BCUT2D eigenvalue weighted by atomic mass is 9.78. The number of carbonyl (C=O) groups excluding carboxylic acids is 2. The summed E-state index contributed by atoms with van der Waals surface area (Å²) in [5.74, 6) is -3.86. The van der Waals surface area contributed by atoms with E-state index in [0.29, 0.717) is 0 Å². The van der Waals surface area contributed by atoms with Crippen LogP contribution in [-0.2, 0) is 9.59 Å². The molecule has 124 valence electrons. The van der Waals surface area contributed by atoms with E-state index >= 15 is 0 Å². The van der Waals surface area contributed by atoms with Crippen LogP contribution in [-0.4, -0.2) is 17.9 Å². The fourth-order valence-electron chi connectivity index (χ4n) is 2.51. The van der Waals surface area contributed by atoms with Gasteiger partial charge in [-0.1, -0.05) is 13.0 Å². The van der Waals surface area contributed by atoms with Gasteiger partial charge in [0.1, 0.15) is 11.6 Å². The van der Waals surface area contributed by atoms with Gasteiger partial charge in [0.05, 0.1) is 5.92 Å². The Morgan fingerprint density at radius 2 is 1.87 bits per heavy atom. The standard InChI is InChI=1S/C16H15F4NO2/c1-9-2-7-13(16(18,19)20)12(15(9)23)8-14(22)21-11-5-3-10(17)4-6-11/h3-7,9,12H,2,8H2,1H3,(H,21,22). The van der Waals surface area contributed by atoms with Gasteiger partial charge in [-0.05, 0) is 30.7 Å². The van der Waals surface area contributed by atoms with Gasteiger partial charge in [-0.3, -0.25) is 9.59 Å². The zero-order chi connectivity index (χ0) is 17.2. The topological polar surface area (TPSA) is 46.2 Å². The van der Waals surface area contributed by atoms with Crippen molar-refractivity contribution >= 4 is 17.4 Å². The van der Waals surface area contributed by atoms with E-state index in [4.69, 9.17) is 0 Å². The number of hydrogen-bond donors (Lipinski definition) is 1. The summed E-state index contributed by atoms with van der Waals surface area (Å²) in [4.78, 5) is 24.0. The second kappa shape index (κ2) is 6.52. The van der Waals surface area contributed by atoms with Crippen molar-refractivity contribution in [2.45, 2.75) is 25.9 Å². The van der Waals surface area contributed by atoms with Gasteiger partial charge < -0.3 is 5.32 Å². The molecule has 0 radical (unpaired) electrons. The van der Waals surface area contributed by atoms with E-state index in [2.05, 4.69) is 5.32 Å². The lowest BCUT2D eigenvalue weighted by Crippen LogP contribution is -2.35. The molecule has 7 heteroatoms. The van der Waals surface area contributed by atoms with Crippen LogP contribution in [0.1, 0.15) is 19.8 Å². The Bertz CT molecular complexity index is 634. The molecule has 0 aromatic heterocycles. The number of hydrogen-bond acceptors (Lipinski definition) is 2. The highest BCUT2D eigenvalue weighted by atomic mass is 19.4. The zero-order valence-electron chi connectivity index (χ0n) is 12.3. The first-order chi connectivity index (χ1) is 10.7. The lowest BCUT2D eigenvalue weighted by Gasteiger charge is -2.27. The third kappa shape index (κ3) is 4.18. The number of halogens is 4. The molecule has 0 heterocycles. The summed E-state index contributed by atoms with van der Waals surface area (Å²) in [6.07, 6.45) is -4.23. The molecular weight excluding hydrogens is 314 g/mol. The lowest BCUT2D eigenvalue weighted by molar-refractivity contribution is -0.136. The number of carbonyl (C=O) groups is 2. The molecule has 0 bridgehead atoms. The van der Waals surface area contributed by atoms with Crippen molar-refractivity contribution in [3.63, 3.8) is 0 Å². The summed E-state index contributed by atoms with van der Waals surface area (Å²) >= 11 is 0. The van der Waals surface area contributed by atoms with Crippen molar-refractivity contribution in [1.29, 1.82) is 0 Å². The highest BCUT2D eigenvalue weighted by Crippen LogP contribution is 2.39. The molecule has 2 rings (SSSR count). The van der Waals surface area contributed by atoms with Crippen LogP contribution in [0.25, 0.3) is 0 Å².